The van der Waals surface area contributed by atoms with Crippen LogP contribution in [0.1, 0.15) is 0 Å². The molecule has 2 saturated heterocycles. The predicted octanol–water partition coefficient (Wildman–Crippen LogP) is 2.93. The number of nitrogens with zero attached hydrogens (tertiary/aromatic N) is 6. The van der Waals surface area contributed by atoms with Crippen LogP contribution >= 0.6 is 11.6 Å². The van der Waals surface area contributed by atoms with Gasteiger partial charge in [0.25, 0.3) is 0 Å². The normalized spacial score (nSPS) is 17.1. The van der Waals surface area contributed by atoms with Gasteiger partial charge in [-0.15, -0.1) is 0 Å². The minimum Gasteiger partial charge on any atom is -0.368 e. The Labute approximate surface area is 187 Å². The Bertz CT molecular complexity index is 998. The summed E-state index contributed by atoms with van der Waals surface area (Å²) >= 11 is 6.04. The molecule has 0 saturated carbocycles. The number of nitrogens with one attached hydrogen (secondary N) is 1. The molecule has 0 amide bonds. The summed E-state index contributed by atoms with van der Waals surface area (Å²) in [5, 5.41) is 4.16. The molecule has 3 heterocycles. The molecule has 31 heavy (non-hydrogen) atoms. The molecule has 2 aliphatic rings. The van der Waals surface area contributed by atoms with E-state index in [9.17, 15) is 0 Å². The van der Waals surface area contributed by atoms with Crippen molar-refractivity contribution < 1.29 is 0 Å². The topological polar surface area (TPSA) is 60.4 Å². The maximum Gasteiger partial charge on any atom is 0.230 e. The molecule has 0 unspecified atom stereocenters. The van der Waals surface area contributed by atoms with Crippen molar-refractivity contribution in [2.75, 3.05) is 67.1 Å². The largest absolute Gasteiger partial charge is 0.368 e. The molecule has 7 nitrogen and oxygen atoms in total. The highest BCUT2D eigenvalue weighted by molar-refractivity contribution is 6.30. The highest BCUT2D eigenvalue weighted by Crippen LogP contribution is 2.24. The molecule has 0 aliphatic carbocycles. The fourth-order valence-electron chi connectivity index (χ4n) is 4.03. The first-order chi connectivity index (χ1) is 15.3. The van der Waals surface area contributed by atoms with E-state index >= 15 is 0 Å². The summed E-state index contributed by atoms with van der Waals surface area (Å²) in [6.07, 6.45) is 0. The van der Waals surface area contributed by atoms with Crippen LogP contribution in [0.2, 0.25) is 5.02 Å². The van der Waals surface area contributed by atoms with Crippen molar-refractivity contribution in [1.29, 1.82) is 0 Å². The van der Waals surface area contributed by atoms with Crippen molar-refractivity contribution in [2.24, 2.45) is 0 Å². The fourth-order valence-corrected chi connectivity index (χ4v) is 4.16. The zero-order valence-corrected chi connectivity index (χ0v) is 18.2. The summed E-state index contributed by atoms with van der Waals surface area (Å²) in [5.74, 6) is 2.27. The van der Waals surface area contributed by atoms with E-state index in [1.807, 2.05) is 30.3 Å². The van der Waals surface area contributed by atoms with E-state index in [0.717, 1.165) is 80.7 Å². The van der Waals surface area contributed by atoms with Crippen molar-refractivity contribution in [3.8, 4) is 11.4 Å². The van der Waals surface area contributed by atoms with Crippen LogP contribution in [0, 0.1) is 0 Å². The van der Waals surface area contributed by atoms with Gasteiger partial charge in [0.15, 0.2) is 5.82 Å². The minimum atomic E-state index is 0.735. The molecule has 0 atom stereocenters. The summed E-state index contributed by atoms with van der Waals surface area (Å²) in [5.41, 5.74) is 2.22. The first-order valence-corrected chi connectivity index (χ1v) is 11.2. The second-order valence-electron chi connectivity index (χ2n) is 7.81. The molecule has 0 bridgehead atoms. The van der Waals surface area contributed by atoms with Gasteiger partial charge in [-0.2, -0.15) is 15.0 Å². The van der Waals surface area contributed by atoms with E-state index in [1.54, 1.807) is 0 Å². The van der Waals surface area contributed by atoms with Crippen molar-refractivity contribution in [3.05, 3.63) is 59.6 Å². The smallest absolute Gasteiger partial charge is 0.230 e. The monoisotopic (exact) mass is 435 g/mol. The number of anilines is 3. The van der Waals surface area contributed by atoms with E-state index in [0.29, 0.717) is 0 Å². The average molecular weight is 436 g/mol. The maximum absolute atomic E-state index is 6.04. The molecule has 160 valence electrons. The van der Waals surface area contributed by atoms with Crippen molar-refractivity contribution >= 4 is 29.2 Å². The van der Waals surface area contributed by atoms with Crippen LogP contribution in [0.5, 0.6) is 0 Å². The number of benzene rings is 2. The predicted molar refractivity (Wildman–Crippen MR) is 126 cm³/mol. The lowest BCUT2D eigenvalue weighted by molar-refractivity contribution is 0.577. The summed E-state index contributed by atoms with van der Waals surface area (Å²) in [6, 6.07) is 18.2. The second-order valence-corrected chi connectivity index (χ2v) is 8.25. The molecular formula is C23H26ClN7. The van der Waals surface area contributed by atoms with Gasteiger partial charge in [-0.1, -0.05) is 41.9 Å². The van der Waals surface area contributed by atoms with Gasteiger partial charge >= 0.3 is 0 Å². The molecule has 8 heteroatoms. The van der Waals surface area contributed by atoms with Crippen LogP contribution in [-0.2, 0) is 0 Å². The first-order valence-electron chi connectivity index (χ1n) is 10.8. The number of hydrogen-bond acceptors (Lipinski definition) is 7. The van der Waals surface area contributed by atoms with Crippen LogP contribution in [0.15, 0.2) is 54.6 Å². The van der Waals surface area contributed by atoms with Crippen LogP contribution in [0.4, 0.5) is 17.6 Å². The lowest BCUT2D eigenvalue weighted by Gasteiger charge is -2.36. The zero-order chi connectivity index (χ0) is 21.0. The molecule has 2 aliphatic heterocycles. The van der Waals surface area contributed by atoms with Gasteiger partial charge < -0.3 is 20.0 Å². The molecule has 5 rings (SSSR count). The number of hydrogen-bond donors (Lipinski definition) is 1. The van der Waals surface area contributed by atoms with E-state index in [-0.39, 0.29) is 0 Å². The van der Waals surface area contributed by atoms with Crippen molar-refractivity contribution in [1.82, 2.24) is 20.3 Å². The highest BCUT2D eigenvalue weighted by atomic mass is 35.5. The molecule has 0 radical (unpaired) electrons. The Morgan fingerprint density at radius 3 is 1.87 bits per heavy atom. The van der Waals surface area contributed by atoms with Gasteiger partial charge in [-0.05, 0) is 24.3 Å². The SMILES string of the molecule is Clc1ccc(N2CCN(c3nc(-c4ccccc4)nc(N4CCNCC4)n3)CC2)cc1. The Morgan fingerprint density at radius 2 is 1.23 bits per heavy atom. The van der Waals surface area contributed by atoms with Gasteiger partial charge in [-0.25, -0.2) is 0 Å². The third kappa shape index (κ3) is 4.57. The van der Waals surface area contributed by atoms with Gasteiger partial charge in [0, 0.05) is 68.6 Å². The van der Waals surface area contributed by atoms with E-state index in [1.165, 1.54) is 5.69 Å². The Hall–Kier alpha value is -2.90. The van der Waals surface area contributed by atoms with E-state index in [2.05, 4.69) is 44.3 Å². The maximum atomic E-state index is 6.04. The second kappa shape index (κ2) is 9.08. The van der Waals surface area contributed by atoms with Crippen molar-refractivity contribution in [2.45, 2.75) is 0 Å². The molecule has 3 aromatic rings. The molecule has 1 aromatic heterocycles. The Kier molecular flexibility index (Phi) is 5.86. The molecular weight excluding hydrogens is 410 g/mol. The summed E-state index contributed by atoms with van der Waals surface area (Å²) in [4.78, 5) is 21.5. The molecule has 2 fully saturated rings. The number of rotatable bonds is 4. The lowest BCUT2D eigenvalue weighted by Crippen LogP contribution is -2.47. The number of aromatic nitrogens is 3. The standard InChI is InChI=1S/C23H26ClN7/c24-19-6-8-20(9-7-19)29-14-16-31(17-15-29)23-27-21(18-4-2-1-3-5-18)26-22(28-23)30-12-10-25-11-13-30/h1-9,25H,10-17H2. The Morgan fingerprint density at radius 1 is 0.645 bits per heavy atom. The van der Waals surface area contributed by atoms with Crippen LogP contribution in [0.3, 0.4) is 0 Å². The third-order valence-electron chi connectivity index (χ3n) is 5.80. The lowest BCUT2D eigenvalue weighted by atomic mass is 10.2. The average Bonchev–Trinajstić information content (AvgIpc) is 2.85. The minimum absolute atomic E-state index is 0.735. The summed E-state index contributed by atoms with van der Waals surface area (Å²) < 4.78 is 0. The molecule has 1 N–H and O–H groups in total. The number of halogens is 1. The van der Waals surface area contributed by atoms with Gasteiger partial charge in [-0.3, -0.25) is 0 Å². The van der Waals surface area contributed by atoms with Crippen LogP contribution < -0.4 is 20.0 Å². The molecule has 2 aromatic carbocycles. The van der Waals surface area contributed by atoms with Gasteiger partial charge in [0.1, 0.15) is 0 Å². The number of piperazine rings is 2. The van der Waals surface area contributed by atoms with Gasteiger partial charge in [0.2, 0.25) is 11.9 Å². The quantitative estimate of drug-likeness (QED) is 0.676. The molecule has 0 spiro atoms. The van der Waals surface area contributed by atoms with E-state index in [4.69, 9.17) is 26.6 Å². The third-order valence-corrected chi connectivity index (χ3v) is 6.05. The summed E-state index contributed by atoms with van der Waals surface area (Å²) in [7, 11) is 0. The summed E-state index contributed by atoms with van der Waals surface area (Å²) in [6.45, 7) is 7.25. The highest BCUT2D eigenvalue weighted by Gasteiger charge is 2.23. The van der Waals surface area contributed by atoms with Gasteiger partial charge in [0.05, 0.1) is 0 Å². The van der Waals surface area contributed by atoms with E-state index < -0.39 is 0 Å². The van der Waals surface area contributed by atoms with Crippen molar-refractivity contribution in [3.63, 3.8) is 0 Å². The Balaban J connectivity index is 1.39. The fraction of sp³-hybridized carbons (Fsp3) is 0.348. The van der Waals surface area contributed by atoms with Crippen LogP contribution in [0.25, 0.3) is 11.4 Å². The van der Waals surface area contributed by atoms with Crippen LogP contribution in [-0.4, -0.2) is 67.3 Å². The zero-order valence-electron chi connectivity index (χ0n) is 17.4. The first kappa shape index (κ1) is 20.0.